The Morgan fingerprint density at radius 2 is 2.18 bits per heavy atom. The highest BCUT2D eigenvalue weighted by Gasteiger charge is 2.13. The summed E-state index contributed by atoms with van der Waals surface area (Å²) >= 11 is 2.90. The number of aromatic nitrogens is 3. The number of ether oxygens (including phenoxy) is 1. The fraction of sp³-hybridized carbons (Fsp3) is 0.105. The fourth-order valence-corrected chi connectivity index (χ4v) is 4.47. The molecule has 0 aliphatic heterocycles. The molecule has 0 saturated heterocycles. The lowest BCUT2D eigenvalue weighted by molar-refractivity contribution is 0.0696. The Morgan fingerprint density at radius 1 is 1.32 bits per heavy atom. The van der Waals surface area contributed by atoms with Gasteiger partial charge in [0.25, 0.3) is 0 Å². The summed E-state index contributed by atoms with van der Waals surface area (Å²) in [6.45, 7) is 0. The third-order valence-electron chi connectivity index (χ3n) is 4.19. The Hall–Kier alpha value is -3.04. The second-order valence-corrected chi connectivity index (χ2v) is 7.61. The number of nitrogens with zero attached hydrogens (tertiary/aromatic N) is 3. The van der Waals surface area contributed by atoms with E-state index >= 15 is 0 Å². The molecule has 4 aromatic rings. The average Bonchev–Trinajstić information content (AvgIpc) is 3.33. The number of hydrogen-bond acceptors (Lipinski definition) is 7. The molecule has 0 aliphatic carbocycles. The number of carbonyl (C=O) groups is 1. The molecule has 0 fully saturated rings. The molecule has 0 unspecified atom stereocenters. The lowest BCUT2D eigenvalue weighted by Gasteiger charge is -2.10. The van der Waals surface area contributed by atoms with E-state index in [1.807, 2.05) is 41.5 Å². The number of hydrogen-bond donors (Lipinski definition) is 2. The first-order valence-electron chi connectivity index (χ1n) is 8.27. The number of fused-ring (bicyclic) bond motifs is 1. The summed E-state index contributed by atoms with van der Waals surface area (Å²) in [7, 11) is 3.43. The number of aromatic carboxylic acids is 1. The average molecular weight is 412 g/mol. The second-order valence-electron chi connectivity index (χ2n) is 5.93. The predicted octanol–water partition coefficient (Wildman–Crippen LogP) is 4.52. The summed E-state index contributed by atoms with van der Waals surface area (Å²) in [4.78, 5) is 15.8. The quantitative estimate of drug-likeness (QED) is 0.450. The number of nitrogens with one attached hydrogen (secondary N) is 1. The van der Waals surface area contributed by atoms with Crippen molar-refractivity contribution in [3.63, 3.8) is 0 Å². The molecular formula is C19H16N4O3S2. The summed E-state index contributed by atoms with van der Waals surface area (Å²) in [5.41, 5.74) is 2.94. The summed E-state index contributed by atoms with van der Waals surface area (Å²) in [6, 6.07) is 10.8. The van der Waals surface area contributed by atoms with Gasteiger partial charge in [-0.3, -0.25) is 4.68 Å². The van der Waals surface area contributed by atoms with Gasteiger partial charge < -0.3 is 14.6 Å². The van der Waals surface area contributed by atoms with Crippen LogP contribution in [0.2, 0.25) is 0 Å². The molecule has 9 heteroatoms. The molecule has 2 aromatic carbocycles. The first kappa shape index (κ1) is 18.3. The Kier molecular flexibility index (Phi) is 4.93. The number of rotatable bonds is 6. The van der Waals surface area contributed by atoms with Crippen molar-refractivity contribution in [3.8, 4) is 16.3 Å². The van der Waals surface area contributed by atoms with Crippen molar-refractivity contribution in [2.75, 3.05) is 11.8 Å². The van der Waals surface area contributed by atoms with Crippen LogP contribution in [-0.4, -0.2) is 33.0 Å². The van der Waals surface area contributed by atoms with E-state index in [-0.39, 0.29) is 5.56 Å². The van der Waals surface area contributed by atoms with Crippen molar-refractivity contribution in [2.45, 2.75) is 5.03 Å². The zero-order valence-corrected chi connectivity index (χ0v) is 16.7. The van der Waals surface area contributed by atoms with Gasteiger partial charge in [-0.15, -0.1) is 11.3 Å². The van der Waals surface area contributed by atoms with Gasteiger partial charge in [0.05, 0.1) is 30.1 Å². The molecule has 2 heterocycles. The standard InChI is InChI=1S/C19H16N4O3S2/c1-23-17-12(9-20-23)4-3-5-13(17)18-21-16(10-27-18)28-22-14-7-6-11(19(24)25)8-15(14)26-2/h3-10,22H,1-2H3,(H,24,25). The molecule has 2 aromatic heterocycles. The first-order chi connectivity index (χ1) is 13.6. The zero-order valence-electron chi connectivity index (χ0n) is 15.0. The van der Waals surface area contributed by atoms with E-state index < -0.39 is 5.97 Å². The molecule has 0 aliphatic rings. The Morgan fingerprint density at radius 3 is 2.96 bits per heavy atom. The molecule has 0 atom stereocenters. The van der Waals surface area contributed by atoms with E-state index in [1.165, 1.54) is 31.2 Å². The zero-order chi connectivity index (χ0) is 19.7. The van der Waals surface area contributed by atoms with Crippen molar-refractivity contribution in [1.29, 1.82) is 0 Å². The number of carboxylic acids is 1. The van der Waals surface area contributed by atoms with Crippen LogP contribution >= 0.6 is 23.3 Å². The maximum Gasteiger partial charge on any atom is 0.335 e. The van der Waals surface area contributed by atoms with Crippen molar-refractivity contribution in [3.05, 3.63) is 53.5 Å². The molecule has 7 nitrogen and oxygen atoms in total. The van der Waals surface area contributed by atoms with Gasteiger partial charge in [-0.1, -0.05) is 12.1 Å². The number of thiazole rings is 1. The molecule has 2 N–H and O–H groups in total. The normalized spacial score (nSPS) is 10.9. The van der Waals surface area contributed by atoms with Crippen LogP contribution in [0.3, 0.4) is 0 Å². The van der Waals surface area contributed by atoms with Gasteiger partial charge in [0.2, 0.25) is 0 Å². The molecular weight excluding hydrogens is 396 g/mol. The smallest absolute Gasteiger partial charge is 0.335 e. The minimum Gasteiger partial charge on any atom is -0.495 e. The van der Waals surface area contributed by atoms with Crippen molar-refractivity contribution in [2.24, 2.45) is 7.05 Å². The number of para-hydroxylation sites is 1. The van der Waals surface area contributed by atoms with Gasteiger partial charge in [0, 0.05) is 35.3 Å². The van der Waals surface area contributed by atoms with Crippen LogP contribution in [0.15, 0.2) is 53.0 Å². The number of benzene rings is 2. The van der Waals surface area contributed by atoms with Gasteiger partial charge >= 0.3 is 5.97 Å². The number of anilines is 1. The van der Waals surface area contributed by atoms with Gasteiger partial charge in [-0.2, -0.15) is 5.10 Å². The van der Waals surface area contributed by atoms with Gasteiger partial charge in [-0.05, 0) is 24.3 Å². The van der Waals surface area contributed by atoms with E-state index in [9.17, 15) is 4.79 Å². The van der Waals surface area contributed by atoms with Crippen LogP contribution in [0.4, 0.5) is 5.69 Å². The van der Waals surface area contributed by atoms with E-state index in [2.05, 4.69) is 9.82 Å². The highest BCUT2D eigenvalue weighted by Crippen LogP contribution is 2.35. The molecule has 142 valence electrons. The first-order valence-corrected chi connectivity index (χ1v) is 9.97. The highest BCUT2D eigenvalue weighted by atomic mass is 32.2. The Labute approximate surface area is 169 Å². The third-order valence-corrected chi connectivity index (χ3v) is 5.95. The van der Waals surface area contributed by atoms with E-state index in [0.717, 1.165) is 26.5 Å². The SMILES string of the molecule is COc1cc(C(=O)O)ccc1NSc1csc(-c2cccc3cnn(C)c23)n1. The Balaban J connectivity index is 1.56. The number of carboxylic acid groups (broad SMARTS) is 1. The van der Waals surface area contributed by atoms with Crippen molar-refractivity contribution < 1.29 is 14.6 Å². The molecule has 0 radical (unpaired) electrons. The molecule has 0 saturated carbocycles. The molecule has 0 bridgehead atoms. The van der Waals surface area contributed by atoms with E-state index in [1.54, 1.807) is 17.4 Å². The number of aryl methyl sites for hydroxylation is 1. The highest BCUT2D eigenvalue weighted by molar-refractivity contribution is 8.00. The topological polar surface area (TPSA) is 89.3 Å². The Bertz CT molecular complexity index is 1170. The lowest BCUT2D eigenvalue weighted by Crippen LogP contribution is -1.99. The van der Waals surface area contributed by atoms with Gasteiger partial charge in [-0.25, -0.2) is 9.78 Å². The van der Waals surface area contributed by atoms with E-state index in [0.29, 0.717) is 11.4 Å². The maximum absolute atomic E-state index is 11.1. The second kappa shape index (κ2) is 7.53. The van der Waals surface area contributed by atoms with Crippen molar-refractivity contribution in [1.82, 2.24) is 14.8 Å². The molecule has 0 spiro atoms. The maximum atomic E-state index is 11.1. The molecule has 0 amide bonds. The van der Waals surface area contributed by atoms with Crippen LogP contribution in [0.1, 0.15) is 10.4 Å². The molecule has 28 heavy (non-hydrogen) atoms. The monoisotopic (exact) mass is 412 g/mol. The third kappa shape index (κ3) is 3.41. The summed E-state index contributed by atoms with van der Waals surface area (Å²) < 4.78 is 10.3. The fourth-order valence-electron chi connectivity index (χ4n) is 2.85. The van der Waals surface area contributed by atoms with Crippen LogP contribution in [0.5, 0.6) is 5.75 Å². The van der Waals surface area contributed by atoms with Crippen molar-refractivity contribution >= 4 is 45.8 Å². The summed E-state index contributed by atoms with van der Waals surface area (Å²) in [5.74, 6) is -0.534. The minimum absolute atomic E-state index is 0.174. The van der Waals surface area contributed by atoms with Crippen LogP contribution in [0, 0.1) is 0 Å². The minimum atomic E-state index is -0.994. The molecule has 4 rings (SSSR count). The predicted molar refractivity (Wildman–Crippen MR) is 111 cm³/mol. The van der Waals surface area contributed by atoms with Gasteiger partial charge in [0.1, 0.15) is 15.8 Å². The van der Waals surface area contributed by atoms with E-state index in [4.69, 9.17) is 14.8 Å². The number of methoxy groups -OCH3 is 1. The van der Waals surface area contributed by atoms with Crippen LogP contribution in [0.25, 0.3) is 21.5 Å². The van der Waals surface area contributed by atoms with Crippen LogP contribution < -0.4 is 9.46 Å². The summed E-state index contributed by atoms with van der Waals surface area (Å²) in [5, 5.41) is 18.2. The lowest BCUT2D eigenvalue weighted by atomic mass is 10.1. The van der Waals surface area contributed by atoms with Gasteiger partial charge in [0.15, 0.2) is 0 Å². The largest absolute Gasteiger partial charge is 0.495 e. The summed E-state index contributed by atoms with van der Waals surface area (Å²) in [6.07, 6.45) is 1.84. The van der Waals surface area contributed by atoms with Crippen LogP contribution in [-0.2, 0) is 7.05 Å².